The van der Waals surface area contributed by atoms with Gasteiger partial charge in [-0.15, -0.1) is 0 Å². The minimum absolute atomic E-state index is 0.0898. The first kappa shape index (κ1) is 12.0. The van der Waals surface area contributed by atoms with Gasteiger partial charge in [-0.25, -0.2) is 0 Å². The molecule has 2 rings (SSSR count). The van der Waals surface area contributed by atoms with Crippen LogP contribution in [0.25, 0.3) is 0 Å². The molecule has 1 amide bonds. The van der Waals surface area contributed by atoms with E-state index in [0.717, 1.165) is 5.56 Å². The number of carbonyl (C=O) groups is 1. The largest absolute Gasteiger partial charge is 0.390 e. The summed E-state index contributed by atoms with van der Waals surface area (Å²) in [5, 5.41) is 22.4. The van der Waals surface area contributed by atoms with Gasteiger partial charge < -0.3 is 21.3 Å². The Labute approximate surface area is 99.3 Å². The van der Waals surface area contributed by atoms with Gasteiger partial charge in [0, 0.05) is 5.56 Å². The van der Waals surface area contributed by atoms with Crippen LogP contribution in [0.5, 0.6) is 0 Å². The Morgan fingerprint density at radius 3 is 2.88 bits per heavy atom. The predicted molar refractivity (Wildman–Crippen MR) is 63.4 cm³/mol. The first-order valence-corrected chi connectivity index (χ1v) is 5.61. The highest BCUT2D eigenvalue weighted by atomic mass is 16.3. The van der Waals surface area contributed by atoms with E-state index in [1.54, 1.807) is 12.1 Å². The molecule has 0 bridgehead atoms. The maximum absolute atomic E-state index is 11.3. The molecule has 1 heterocycles. The number of rotatable bonds is 4. The summed E-state index contributed by atoms with van der Waals surface area (Å²) in [7, 11) is 0. The second-order valence-corrected chi connectivity index (χ2v) is 4.20. The predicted octanol–water partition coefficient (Wildman–Crippen LogP) is -0.0757. The Morgan fingerprint density at radius 2 is 2.18 bits per heavy atom. The van der Waals surface area contributed by atoms with Crippen molar-refractivity contribution in [2.75, 3.05) is 11.9 Å². The molecule has 1 aromatic carbocycles. The summed E-state index contributed by atoms with van der Waals surface area (Å²) in [6, 6.07) is 5.31. The molecule has 0 saturated heterocycles. The van der Waals surface area contributed by atoms with Gasteiger partial charge in [-0.05, 0) is 18.5 Å². The molecule has 2 unspecified atom stereocenters. The van der Waals surface area contributed by atoms with E-state index in [1.807, 2.05) is 6.07 Å². The number of aliphatic hydroxyl groups is 2. The fraction of sp³-hybridized carbons (Fsp3) is 0.417. The molecular weight excluding hydrogens is 220 g/mol. The molecular formula is C12H16N2O3. The quantitative estimate of drug-likeness (QED) is 0.588. The van der Waals surface area contributed by atoms with Crippen molar-refractivity contribution in [1.82, 2.24) is 0 Å². The molecule has 0 aliphatic carbocycles. The van der Waals surface area contributed by atoms with E-state index >= 15 is 0 Å². The summed E-state index contributed by atoms with van der Waals surface area (Å²) in [6.45, 7) is 0.305. The monoisotopic (exact) mass is 236 g/mol. The van der Waals surface area contributed by atoms with Crippen LogP contribution in [0.4, 0.5) is 5.69 Å². The van der Waals surface area contributed by atoms with Gasteiger partial charge in [-0.2, -0.15) is 0 Å². The average molecular weight is 236 g/mol. The lowest BCUT2D eigenvalue weighted by Gasteiger charge is -2.19. The summed E-state index contributed by atoms with van der Waals surface area (Å²) < 4.78 is 0. The number of aliphatic hydroxyl groups excluding tert-OH is 2. The molecule has 92 valence electrons. The number of anilines is 1. The van der Waals surface area contributed by atoms with E-state index in [0.29, 0.717) is 30.6 Å². The van der Waals surface area contributed by atoms with Crippen molar-refractivity contribution in [3.05, 3.63) is 29.3 Å². The van der Waals surface area contributed by atoms with Gasteiger partial charge >= 0.3 is 0 Å². The topological polar surface area (TPSA) is 95.6 Å². The van der Waals surface area contributed by atoms with Crippen LogP contribution >= 0.6 is 0 Å². The van der Waals surface area contributed by atoms with Gasteiger partial charge in [0.05, 0.1) is 18.2 Å². The van der Waals surface area contributed by atoms with Crippen LogP contribution in [-0.2, 0) is 11.2 Å². The zero-order valence-corrected chi connectivity index (χ0v) is 9.39. The zero-order chi connectivity index (χ0) is 12.4. The third-order valence-corrected chi connectivity index (χ3v) is 2.94. The highest BCUT2D eigenvalue weighted by Crippen LogP contribution is 2.33. The third-order valence-electron chi connectivity index (χ3n) is 2.94. The minimum Gasteiger partial charge on any atom is -0.390 e. The molecule has 1 aliphatic heterocycles. The van der Waals surface area contributed by atoms with Crippen LogP contribution in [0, 0.1) is 0 Å². The standard InChI is InChI=1S/C12H16N2O3/c13-5-4-9(15)12(17)8-3-1-2-7-6-10(16)14-11(7)8/h1-3,9,12,15,17H,4-6,13H2,(H,14,16). The van der Waals surface area contributed by atoms with E-state index in [4.69, 9.17) is 5.73 Å². The number of nitrogens with one attached hydrogen (secondary N) is 1. The van der Waals surface area contributed by atoms with Crippen molar-refractivity contribution in [3.8, 4) is 0 Å². The highest BCUT2D eigenvalue weighted by molar-refractivity contribution is 6.00. The molecule has 5 nitrogen and oxygen atoms in total. The number of hydrogen-bond acceptors (Lipinski definition) is 4. The summed E-state index contributed by atoms with van der Waals surface area (Å²) in [6.07, 6.45) is -1.29. The summed E-state index contributed by atoms with van der Waals surface area (Å²) in [5.74, 6) is -0.0898. The molecule has 0 aromatic heterocycles. The van der Waals surface area contributed by atoms with E-state index in [9.17, 15) is 15.0 Å². The Hall–Kier alpha value is -1.43. The van der Waals surface area contributed by atoms with E-state index in [2.05, 4.69) is 5.32 Å². The van der Waals surface area contributed by atoms with Crippen molar-refractivity contribution in [1.29, 1.82) is 0 Å². The Kier molecular flexibility index (Phi) is 3.42. The van der Waals surface area contributed by atoms with Crippen molar-refractivity contribution in [2.45, 2.75) is 25.0 Å². The van der Waals surface area contributed by atoms with Crippen molar-refractivity contribution >= 4 is 11.6 Å². The van der Waals surface area contributed by atoms with E-state index in [1.165, 1.54) is 0 Å². The normalized spacial score (nSPS) is 17.5. The first-order chi connectivity index (χ1) is 8.13. The van der Waals surface area contributed by atoms with Crippen LogP contribution in [0.1, 0.15) is 23.7 Å². The molecule has 1 aromatic rings. The molecule has 5 heteroatoms. The average Bonchev–Trinajstić information content (AvgIpc) is 2.68. The first-order valence-electron chi connectivity index (χ1n) is 5.61. The van der Waals surface area contributed by atoms with Crippen LogP contribution in [0.3, 0.4) is 0 Å². The molecule has 0 fully saturated rings. The molecule has 0 saturated carbocycles. The van der Waals surface area contributed by atoms with E-state index < -0.39 is 12.2 Å². The van der Waals surface area contributed by atoms with Gasteiger partial charge in [-0.1, -0.05) is 18.2 Å². The van der Waals surface area contributed by atoms with Crippen molar-refractivity contribution < 1.29 is 15.0 Å². The van der Waals surface area contributed by atoms with Gasteiger partial charge in [-0.3, -0.25) is 4.79 Å². The van der Waals surface area contributed by atoms with Crippen molar-refractivity contribution in [2.24, 2.45) is 5.73 Å². The second-order valence-electron chi connectivity index (χ2n) is 4.20. The molecule has 0 spiro atoms. The van der Waals surface area contributed by atoms with Crippen LogP contribution in [-0.4, -0.2) is 28.8 Å². The van der Waals surface area contributed by atoms with Gasteiger partial charge in [0.15, 0.2) is 0 Å². The SMILES string of the molecule is NCCC(O)C(O)c1cccc2c1NC(=O)C2. The molecule has 5 N–H and O–H groups in total. The number of nitrogens with two attached hydrogens (primary N) is 1. The summed E-state index contributed by atoms with van der Waals surface area (Å²) >= 11 is 0. The maximum Gasteiger partial charge on any atom is 0.228 e. The summed E-state index contributed by atoms with van der Waals surface area (Å²) in [4.78, 5) is 11.3. The van der Waals surface area contributed by atoms with Crippen LogP contribution < -0.4 is 11.1 Å². The number of hydrogen-bond donors (Lipinski definition) is 4. The molecule has 2 atom stereocenters. The zero-order valence-electron chi connectivity index (χ0n) is 9.39. The molecule has 1 aliphatic rings. The fourth-order valence-corrected chi connectivity index (χ4v) is 2.06. The molecule has 17 heavy (non-hydrogen) atoms. The lowest BCUT2D eigenvalue weighted by molar-refractivity contribution is -0.115. The smallest absolute Gasteiger partial charge is 0.228 e. The number of para-hydroxylation sites is 1. The Morgan fingerprint density at radius 1 is 1.41 bits per heavy atom. The van der Waals surface area contributed by atoms with Gasteiger partial charge in [0.1, 0.15) is 6.10 Å². The van der Waals surface area contributed by atoms with Crippen LogP contribution in [0.2, 0.25) is 0 Å². The number of carbonyl (C=O) groups excluding carboxylic acids is 1. The van der Waals surface area contributed by atoms with Gasteiger partial charge in [0.2, 0.25) is 5.91 Å². The second kappa shape index (κ2) is 4.83. The van der Waals surface area contributed by atoms with Crippen molar-refractivity contribution in [3.63, 3.8) is 0 Å². The fourth-order valence-electron chi connectivity index (χ4n) is 2.06. The summed E-state index contributed by atoms with van der Waals surface area (Å²) in [5.41, 5.74) is 7.37. The lowest BCUT2D eigenvalue weighted by Crippen LogP contribution is -2.22. The Balaban J connectivity index is 2.28. The van der Waals surface area contributed by atoms with Crippen LogP contribution in [0.15, 0.2) is 18.2 Å². The van der Waals surface area contributed by atoms with Gasteiger partial charge in [0.25, 0.3) is 0 Å². The molecule has 0 radical (unpaired) electrons. The number of benzene rings is 1. The highest BCUT2D eigenvalue weighted by Gasteiger charge is 2.26. The lowest BCUT2D eigenvalue weighted by atomic mass is 9.98. The maximum atomic E-state index is 11.3. The number of amides is 1. The Bertz CT molecular complexity index is 434. The minimum atomic E-state index is -1.02. The number of fused-ring (bicyclic) bond motifs is 1. The van der Waals surface area contributed by atoms with E-state index in [-0.39, 0.29) is 5.91 Å². The third kappa shape index (κ3) is 2.31.